The molecule has 96 heavy (non-hydrogen) atoms. The summed E-state index contributed by atoms with van der Waals surface area (Å²) in [5.74, 6) is -1.80. The second-order valence-corrected chi connectivity index (χ2v) is 26.7. The number of rotatable bonds is 26. The number of piperidine rings is 2. The number of hydrogen-bond acceptors (Lipinski definition) is 12. The Morgan fingerprint density at radius 2 is 1.34 bits per heavy atom. The average Bonchev–Trinajstić information content (AvgIpc) is 1.58. The van der Waals surface area contributed by atoms with Gasteiger partial charge in [0.25, 0.3) is 11.8 Å². The zero-order chi connectivity index (χ0) is 68.2. The van der Waals surface area contributed by atoms with E-state index in [9.17, 15) is 54.7 Å². The fourth-order valence-electron chi connectivity index (χ4n) is 13.5. The number of likely N-dealkylation sites (N-methyl/N-ethyl adjacent to an activating group) is 2. The molecular formula is C72H83F7N8O8S. The highest BCUT2D eigenvalue weighted by Gasteiger charge is 2.50. The second kappa shape index (κ2) is 31.5. The summed E-state index contributed by atoms with van der Waals surface area (Å²) in [6.07, 6.45) is -4.06. The first-order valence-electron chi connectivity index (χ1n) is 32.8. The van der Waals surface area contributed by atoms with Gasteiger partial charge in [-0.15, -0.1) is 11.3 Å². The van der Waals surface area contributed by atoms with E-state index in [0.717, 1.165) is 83.9 Å². The number of amides is 5. The van der Waals surface area contributed by atoms with Gasteiger partial charge in [-0.25, -0.2) is 9.18 Å². The van der Waals surface area contributed by atoms with E-state index in [1.165, 1.54) is 35.6 Å². The van der Waals surface area contributed by atoms with Crippen LogP contribution in [0.2, 0.25) is 0 Å². The van der Waals surface area contributed by atoms with Gasteiger partial charge in [0.1, 0.15) is 30.9 Å². The van der Waals surface area contributed by atoms with Gasteiger partial charge in [0, 0.05) is 96.5 Å². The molecule has 0 saturated carbocycles. The van der Waals surface area contributed by atoms with Gasteiger partial charge in [0.15, 0.2) is 0 Å². The van der Waals surface area contributed by atoms with E-state index < -0.39 is 64.6 Å². The maximum Gasteiger partial charge on any atom is 0.416 e. The summed E-state index contributed by atoms with van der Waals surface area (Å²) in [6.45, 7) is 5.31. The van der Waals surface area contributed by atoms with Crippen LogP contribution in [0.5, 0.6) is 0 Å². The van der Waals surface area contributed by atoms with Gasteiger partial charge in [-0.3, -0.25) is 24.5 Å². The number of benzene rings is 5. The first-order chi connectivity index (χ1) is 46.0. The number of thiophene rings is 1. The number of unbranched alkanes of at least 4 members (excludes halogenated alkanes) is 2. The van der Waals surface area contributed by atoms with Crippen LogP contribution in [0, 0.1) is 5.82 Å². The van der Waals surface area contributed by atoms with Crippen molar-refractivity contribution in [1.82, 2.24) is 29.4 Å². The molecule has 1 spiro atoms. The lowest BCUT2D eigenvalue weighted by molar-refractivity contribution is -0.143. The molecule has 3 saturated heterocycles. The standard InChI is InChI=1S/C72H83F7N8O8S/c1-82(34-14-35-84(3)67(91)61-26-27-63(96-61)80-33-13-5-8-21-64(88)83(2)41-42-85-36-28-57(29-37-85)95-68(92)81-60-20-12-10-18-58(60)50-15-6-4-7-16-50)65(89)47-93-62-45-51-17-9-11-19-59(51)69(62)30-38-86(39-31-69)40-32-70(53-22-24-56(73)25-23-53)48-87(49-94-70)66(90)52-43-54(71(74,75)76)46-55(44-52)72(77,78)79/h4,6-7,9-12,15-20,22-27,43-44,46,57,62,80H,5,8,13-14,21,28-42,45,47-49H2,1-3H3,(H,81,92). The smallest absolute Gasteiger partial charge is 0.416 e. The van der Waals surface area contributed by atoms with Crippen molar-refractivity contribution in [3.8, 4) is 11.1 Å². The molecule has 24 heteroatoms. The Labute approximate surface area is 559 Å². The third kappa shape index (κ3) is 17.8. The van der Waals surface area contributed by atoms with Crippen LogP contribution in [0.15, 0.2) is 133 Å². The largest absolute Gasteiger partial charge is 0.446 e. The van der Waals surface area contributed by atoms with Crippen molar-refractivity contribution >= 4 is 51.7 Å². The van der Waals surface area contributed by atoms with E-state index in [1.54, 1.807) is 28.8 Å². The zero-order valence-electron chi connectivity index (χ0n) is 54.3. The first kappa shape index (κ1) is 70.9. The quantitative estimate of drug-likeness (QED) is 0.0394. The van der Waals surface area contributed by atoms with E-state index >= 15 is 0 Å². The van der Waals surface area contributed by atoms with E-state index in [1.807, 2.05) is 85.9 Å². The topological polar surface area (TPSA) is 157 Å². The molecule has 2 unspecified atom stereocenters. The molecule has 10 rings (SSSR count). The fraction of sp³-hybridized carbons (Fsp3) is 0.458. The Hall–Kier alpha value is -7.90. The van der Waals surface area contributed by atoms with Gasteiger partial charge in [0.2, 0.25) is 11.8 Å². The maximum atomic E-state index is 14.2. The number of anilines is 2. The van der Waals surface area contributed by atoms with Crippen LogP contribution in [-0.4, -0.2) is 178 Å². The van der Waals surface area contributed by atoms with E-state index in [0.29, 0.717) is 106 Å². The van der Waals surface area contributed by atoms with Crippen LogP contribution in [0.1, 0.15) is 112 Å². The van der Waals surface area contributed by atoms with Crippen molar-refractivity contribution in [3.05, 3.63) is 178 Å². The molecule has 0 radical (unpaired) electrons. The third-order valence-corrected chi connectivity index (χ3v) is 20.2. The Bertz CT molecular complexity index is 3600. The molecule has 4 heterocycles. The zero-order valence-corrected chi connectivity index (χ0v) is 55.1. The van der Waals surface area contributed by atoms with E-state index in [2.05, 4.69) is 32.6 Å². The summed E-state index contributed by atoms with van der Waals surface area (Å²) in [7, 11) is 5.31. The fourth-order valence-corrected chi connectivity index (χ4v) is 14.4. The maximum absolute atomic E-state index is 14.2. The highest BCUT2D eigenvalue weighted by Crippen LogP contribution is 2.49. The van der Waals surface area contributed by atoms with Gasteiger partial charge in [-0.1, -0.05) is 91.3 Å². The molecule has 3 fully saturated rings. The van der Waals surface area contributed by atoms with Crippen molar-refractivity contribution in [1.29, 1.82) is 0 Å². The minimum absolute atomic E-state index is 0.0284. The molecule has 3 aliphatic heterocycles. The van der Waals surface area contributed by atoms with Gasteiger partial charge in [-0.2, -0.15) is 26.3 Å². The lowest BCUT2D eigenvalue weighted by Gasteiger charge is -2.44. The molecule has 5 aromatic carbocycles. The number of fused-ring (bicyclic) bond motifs is 2. The molecule has 2 N–H and O–H groups in total. The number of ether oxygens (including phenoxy) is 3. The summed E-state index contributed by atoms with van der Waals surface area (Å²) in [5.41, 5.74) is -0.243. The predicted octanol–water partition coefficient (Wildman–Crippen LogP) is 13.0. The van der Waals surface area contributed by atoms with Gasteiger partial charge >= 0.3 is 18.4 Å². The molecule has 1 aromatic heterocycles. The minimum atomic E-state index is -5.15. The Morgan fingerprint density at radius 3 is 2.06 bits per heavy atom. The van der Waals surface area contributed by atoms with Crippen LogP contribution in [0.25, 0.3) is 11.1 Å². The molecule has 5 amide bonds. The average molecular weight is 1350 g/mol. The molecule has 2 atom stereocenters. The monoisotopic (exact) mass is 1350 g/mol. The van der Waals surface area contributed by atoms with Crippen LogP contribution in [0.4, 0.5) is 46.2 Å². The normalized spacial score (nSPS) is 18.3. The summed E-state index contributed by atoms with van der Waals surface area (Å²) in [6, 6.07) is 35.6. The Balaban J connectivity index is 0.606. The number of nitrogens with one attached hydrogen (secondary N) is 2. The van der Waals surface area contributed by atoms with E-state index in [4.69, 9.17) is 14.2 Å². The highest BCUT2D eigenvalue weighted by molar-refractivity contribution is 7.17. The number of nitrogens with zero attached hydrogens (tertiary/aromatic N) is 6. The number of carbonyl (C=O) groups excluding carboxylic acids is 5. The first-order valence-corrected chi connectivity index (χ1v) is 33.6. The molecule has 1 aliphatic carbocycles. The number of carbonyl (C=O) groups is 5. The molecular weight excluding hydrogens is 1270 g/mol. The van der Waals surface area contributed by atoms with Crippen LogP contribution < -0.4 is 10.6 Å². The SMILES string of the molecule is CN(CCN1CCC(OC(=O)Nc2ccccc2-c2ccccc2)CC1)C(=O)CCCCCNc1ccc(C(=O)N(C)CCCN(C)C(=O)COC2Cc3ccccc3C23CCN(CCC2(c4ccc(F)cc4)CN(C(=O)c4cc(C(F)(F)F)cc(C(F)(F)F)c4)CO2)CC3)s1. The highest BCUT2D eigenvalue weighted by atomic mass is 32.1. The van der Waals surface area contributed by atoms with Crippen LogP contribution in [0.3, 0.4) is 0 Å². The number of likely N-dealkylation sites (tertiary alicyclic amines) is 2. The van der Waals surface area contributed by atoms with Crippen molar-refractivity contribution in [2.24, 2.45) is 0 Å². The molecule has 16 nitrogen and oxygen atoms in total. The van der Waals surface area contributed by atoms with Crippen molar-refractivity contribution in [2.75, 3.05) is 117 Å². The van der Waals surface area contributed by atoms with Crippen molar-refractivity contribution in [3.63, 3.8) is 0 Å². The third-order valence-electron chi connectivity index (χ3n) is 19.2. The molecule has 0 bridgehead atoms. The predicted molar refractivity (Wildman–Crippen MR) is 353 cm³/mol. The van der Waals surface area contributed by atoms with E-state index in [-0.39, 0.29) is 55.6 Å². The summed E-state index contributed by atoms with van der Waals surface area (Å²) < 4.78 is 116. The summed E-state index contributed by atoms with van der Waals surface area (Å²) in [5, 5.41) is 7.23. The van der Waals surface area contributed by atoms with Crippen molar-refractivity contribution in [2.45, 2.75) is 106 Å². The van der Waals surface area contributed by atoms with Gasteiger partial charge < -0.3 is 48.9 Å². The Morgan fingerprint density at radius 1 is 0.688 bits per heavy atom. The number of halogens is 7. The number of hydrogen-bond donors (Lipinski definition) is 2. The second-order valence-electron chi connectivity index (χ2n) is 25.6. The van der Waals surface area contributed by atoms with Crippen LogP contribution >= 0.6 is 11.3 Å². The lowest BCUT2D eigenvalue weighted by atomic mass is 9.72. The minimum Gasteiger partial charge on any atom is -0.446 e. The summed E-state index contributed by atoms with van der Waals surface area (Å²) >= 11 is 1.39. The molecule has 514 valence electrons. The molecule has 6 aromatic rings. The Kier molecular flexibility index (Phi) is 23.3. The van der Waals surface area contributed by atoms with Gasteiger partial charge in [0.05, 0.1) is 39.3 Å². The molecule has 4 aliphatic rings. The number of para-hydroxylation sites is 1. The lowest BCUT2D eigenvalue weighted by Crippen LogP contribution is -2.50. The number of alkyl halides is 6. The van der Waals surface area contributed by atoms with Crippen molar-refractivity contribution < 1.29 is 68.9 Å². The van der Waals surface area contributed by atoms with Crippen LogP contribution in [-0.2, 0) is 53.6 Å². The summed E-state index contributed by atoms with van der Waals surface area (Å²) in [4.78, 5) is 78.0. The van der Waals surface area contributed by atoms with Gasteiger partial charge in [-0.05, 0) is 142 Å².